The molecule has 9 heteroatoms. The SMILES string of the molecule is CN=Nc1ccc(-c2ccn3nc(NC4CCC(F)(F)CC4)nc(NC)c23)cc1C. The summed E-state index contributed by atoms with van der Waals surface area (Å²) in [5.74, 6) is -1.46. The van der Waals surface area contributed by atoms with E-state index in [1.54, 1.807) is 18.6 Å². The zero-order valence-corrected chi connectivity index (χ0v) is 17.3. The van der Waals surface area contributed by atoms with E-state index in [2.05, 4.69) is 37.0 Å². The van der Waals surface area contributed by atoms with E-state index in [0.717, 1.165) is 27.9 Å². The first-order valence-electron chi connectivity index (χ1n) is 10.0. The van der Waals surface area contributed by atoms with Crippen LogP contribution in [0.15, 0.2) is 40.7 Å². The average Bonchev–Trinajstić information content (AvgIpc) is 3.15. The van der Waals surface area contributed by atoms with Crippen LogP contribution < -0.4 is 10.6 Å². The Morgan fingerprint density at radius 3 is 2.63 bits per heavy atom. The van der Waals surface area contributed by atoms with Gasteiger partial charge in [0.15, 0.2) is 5.82 Å². The van der Waals surface area contributed by atoms with Crippen LogP contribution in [0.4, 0.5) is 26.2 Å². The molecule has 1 aliphatic rings. The lowest BCUT2D eigenvalue weighted by atomic mass is 9.92. The summed E-state index contributed by atoms with van der Waals surface area (Å²) < 4.78 is 28.6. The quantitative estimate of drug-likeness (QED) is 0.545. The lowest BCUT2D eigenvalue weighted by molar-refractivity contribution is -0.0361. The second kappa shape index (κ2) is 7.97. The highest BCUT2D eigenvalue weighted by molar-refractivity contribution is 5.89. The average molecular weight is 413 g/mol. The van der Waals surface area contributed by atoms with Gasteiger partial charge in [-0.1, -0.05) is 6.07 Å². The van der Waals surface area contributed by atoms with E-state index < -0.39 is 5.92 Å². The summed E-state index contributed by atoms with van der Waals surface area (Å²) in [6.07, 6.45) is 2.48. The van der Waals surface area contributed by atoms with Crippen LogP contribution in [0.3, 0.4) is 0 Å². The number of azo groups is 1. The Balaban J connectivity index is 1.66. The molecule has 2 heterocycles. The number of fused-ring (bicyclic) bond motifs is 1. The van der Waals surface area contributed by atoms with Crippen molar-refractivity contribution in [3.8, 4) is 11.1 Å². The summed E-state index contributed by atoms with van der Waals surface area (Å²) in [6, 6.07) is 7.94. The Morgan fingerprint density at radius 2 is 1.97 bits per heavy atom. The highest BCUT2D eigenvalue weighted by Gasteiger charge is 2.35. The van der Waals surface area contributed by atoms with Gasteiger partial charge in [-0.05, 0) is 49.1 Å². The molecule has 2 N–H and O–H groups in total. The van der Waals surface area contributed by atoms with Gasteiger partial charge in [0.2, 0.25) is 11.9 Å². The van der Waals surface area contributed by atoms with Crippen molar-refractivity contribution in [1.29, 1.82) is 0 Å². The van der Waals surface area contributed by atoms with E-state index in [1.807, 2.05) is 31.3 Å². The topological polar surface area (TPSA) is 79.0 Å². The van der Waals surface area contributed by atoms with E-state index in [1.165, 1.54) is 0 Å². The molecule has 7 nitrogen and oxygen atoms in total. The molecule has 158 valence electrons. The number of hydrogen-bond donors (Lipinski definition) is 2. The van der Waals surface area contributed by atoms with Crippen LogP contribution >= 0.6 is 0 Å². The minimum Gasteiger partial charge on any atom is -0.371 e. The summed E-state index contributed by atoms with van der Waals surface area (Å²) >= 11 is 0. The molecular weight excluding hydrogens is 388 g/mol. The van der Waals surface area contributed by atoms with E-state index in [0.29, 0.717) is 24.6 Å². The van der Waals surface area contributed by atoms with Gasteiger partial charge >= 0.3 is 0 Å². The van der Waals surface area contributed by atoms with Crippen molar-refractivity contribution < 1.29 is 8.78 Å². The Hall–Kier alpha value is -3.10. The predicted molar refractivity (Wildman–Crippen MR) is 114 cm³/mol. The summed E-state index contributed by atoms with van der Waals surface area (Å²) in [7, 11) is 3.45. The van der Waals surface area contributed by atoms with Crippen LogP contribution in [0.25, 0.3) is 16.6 Å². The van der Waals surface area contributed by atoms with Crippen molar-refractivity contribution in [2.45, 2.75) is 44.6 Å². The zero-order chi connectivity index (χ0) is 21.3. The van der Waals surface area contributed by atoms with E-state index in [9.17, 15) is 8.78 Å². The summed E-state index contributed by atoms with van der Waals surface area (Å²) in [4.78, 5) is 4.60. The van der Waals surface area contributed by atoms with Crippen LogP contribution in [-0.4, -0.2) is 40.7 Å². The molecule has 0 bridgehead atoms. The van der Waals surface area contributed by atoms with E-state index in [-0.39, 0.29) is 18.9 Å². The molecule has 0 spiro atoms. The number of rotatable bonds is 5. The van der Waals surface area contributed by atoms with Crippen LogP contribution in [0.1, 0.15) is 31.2 Å². The maximum Gasteiger partial charge on any atom is 0.248 e. The molecule has 30 heavy (non-hydrogen) atoms. The van der Waals surface area contributed by atoms with Crippen molar-refractivity contribution in [2.75, 3.05) is 24.7 Å². The minimum atomic E-state index is -2.55. The summed E-state index contributed by atoms with van der Waals surface area (Å²) in [5.41, 5.74) is 4.73. The molecular formula is C21H25F2N7. The molecule has 0 aliphatic heterocycles. The third-order valence-electron chi connectivity index (χ3n) is 5.51. The van der Waals surface area contributed by atoms with Crippen molar-refractivity contribution in [1.82, 2.24) is 14.6 Å². The number of aromatic nitrogens is 3. The largest absolute Gasteiger partial charge is 0.371 e. The molecule has 1 aliphatic carbocycles. The van der Waals surface area contributed by atoms with Crippen LogP contribution in [0.5, 0.6) is 0 Å². The van der Waals surface area contributed by atoms with Crippen LogP contribution in [-0.2, 0) is 0 Å². The number of anilines is 2. The highest BCUT2D eigenvalue weighted by atomic mass is 19.3. The predicted octanol–water partition coefficient (Wildman–Crippen LogP) is 5.45. The van der Waals surface area contributed by atoms with Gasteiger partial charge in [0.05, 0.1) is 5.69 Å². The summed E-state index contributed by atoms with van der Waals surface area (Å²) in [6.45, 7) is 2.00. The second-order valence-electron chi connectivity index (χ2n) is 7.63. The second-order valence-corrected chi connectivity index (χ2v) is 7.63. The third kappa shape index (κ3) is 3.96. The van der Waals surface area contributed by atoms with Crippen molar-refractivity contribution in [3.63, 3.8) is 0 Å². The van der Waals surface area contributed by atoms with Gasteiger partial charge in [-0.15, -0.1) is 5.10 Å². The first kappa shape index (κ1) is 20.2. The fourth-order valence-corrected chi connectivity index (χ4v) is 3.90. The lowest BCUT2D eigenvalue weighted by Gasteiger charge is -2.28. The molecule has 0 radical (unpaired) electrons. The van der Waals surface area contributed by atoms with E-state index >= 15 is 0 Å². The van der Waals surface area contributed by atoms with Crippen LogP contribution in [0.2, 0.25) is 0 Å². The fraction of sp³-hybridized carbons (Fsp3) is 0.429. The number of alkyl halides is 2. The molecule has 3 aromatic rings. The molecule has 0 amide bonds. The maximum atomic E-state index is 13.4. The van der Waals surface area contributed by atoms with Crippen molar-refractivity contribution in [3.05, 3.63) is 36.0 Å². The minimum absolute atomic E-state index is 0.0512. The van der Waals surface area contributed by atoms with E-state index in [4.69, 9.17) is 0 Å². The third-order valence-corrected chi connectivity index (χ3v) is 5.51. The van der Waals surface area contributed by atoms with Crippen molar-refractivity contribution in [2.24, 2.45) is 10.2 Å². The van der Waals surface area contributed by atoms with Gasteiger partial charge in [-0.3, -0.25) is 0 Å². The molecule has 0 atom stereocenters. The van der Waals surface area contributed by atoms with Gasteiger partial charge in [0, 0.05) is 44.7 Å². The van der Waals surface area contributed by atoms with Crippen LogP contribution in [0, 0.1) is 6.92 Å². The number of benzene rings is 1. The summed E-state index contributed by atoms with van der Waals surface area (Å²) in [5, 5.41) is 18.9. The molecule has 0 unspecified atom stereocenters. The van der Waals surface area contributed by atoms with Gasteiger partial charge in [0.25, 0.3) is 0 Å². The maximum absolute atomic E-state index is 13.4. The number of hydrogen-bond acceptors (Lipinski definition) is 6. The molecule has 1 fully saturated rings. The lowest BCUT2D eigenvalue weighted by Crippen LogP contribution is -2.32. The smallest absolute Gasteiger partial charge is 0.248 e. The molecule has 1 aromatic carbocycles. The van der Waals surface area contributed by atoms with Gasteiger partial charge in [-0.25, -0.2) is 13.3 Å². The first-order valence-corrected chi connectivity index (χ1v) is 10.0. The number of aryl methyl sites for hydroxylation is 1. The molecule has 2 aromatic heterocycles. The monoisotopic (exact) mass is 413 g/mol. The number of halogens is 2. The first-order chi connectivity index (χ1) is 14.4. The van der Waals surface area contributed by atoms with Gasteiger partial charge < -0.3 is 10.6 Å². The van der Waals surface area contributed by atoms with Gasteiger partial charge in [-0.2, -0.15) is 15.2 Å². The Bertz CT molecular complexity index is 1080. The molecule has 1 saturated carbocycles. The normalized spacial score (nSPS) is 17.0. The fourth-order valence-electron chi connectivity index (χ4n) is 3.90. The molecule has 0 saturated heterocycles. The van der Waals surface area contributed by atoms with Crippen molar-refractivity contribution >= 4 is 23.0 Å². The number of nitrogens with one attached hydrogen (secondary N) is 2. The van der Waals surface area contributed by atoms with Gasteiger partial charge in [0.1, 0.15) is 5.52 Å². The molecule has 4 rings (SSSR count). The Morgan fingerprint density at radius 1 is 1.20 bits per heavy atom. The zero-order valence-electron chi connectivity index (χ0n) is 17.3. The highest BCUT2D eigenvalue weighted by Crippen LogP contribution is 2.35. The Kier molecular flexibility index (Phi) is 5.36. The Labute approximate surface area is 173 Å². The number of nitrogens with zero attached hydrogens (tertiary/aromatic N) is 5. The standard InChI is InChI=1S/C21H25F2N7/c1-13-12-14(4-5-17(13)28-25-3)16-8-11-30-18(16)19(24-2)27-20(29-30)26-15-6-9-21(22,23)10-7-15/h4-5,8,11-12,15H,6-7,9-10H2,1-3H3,(H2,24,26,27,29).